The summed E-state index contributed by atoms with van der Waals surface area (Å²) in [6.07, 6.45) is 1.09. The number of benzene rings is 1. The standard InChI is InChI=1S/C13H16N2OS/c1-16-11-4-2-3-10-9(11)5-8-17-12(10)13-14-6-7-15-13/h2-4,12H,5-8H2,1H3,(H,14,15). The van der Waals surface area contributed by atoms with Crippen molar-refractivity contribution in [2.24, 2.45) is 4.99 Å². The van der Waals surface area contributed by atoms with Gasteiger partial charge in [0.2, 0.25) is 0 Å². The Hall–Kier alpha value is -1.16. The first-order chi connectivity index (χ1) is 8.40. The summed E-state index contributed by atoms with van der Waals surface area (Å²) in [4.78, 5) is 4.56. The number of methoxy groups -OCH3 is 1. The van der Waals surface area contributed by atoms with Crippen LogP contribution in [0.15, 0.2) is 23.2 Å². The molecule has 0 saturated heterocycles. The van der Waals surface area contributed by atoms with E-state index in [-0.39, 0.29) is 0 Å². The van der Waals surface area contributed by atoms with Gasteiger partial charge in [0.15, 0.2) is 0 Å². The molecule has 1 aromatic rings. The number of amidine groups is 1. The molecule has 1 aromatic carbocycles. The summed E-state index contributed by atoms with van der Waals surface area (Å²) in [6.45, 7) is 1.89. The van der Waals surface area contributed by atoms with Crippen molar-refractivity contribution in [3.05, 3.63) is 29.3 Å². The zero-order chi connectivity index (χ0) is 11.7. The van der Waals surface area contributed by atoms with Crippen molar-refractivity contribution in [1.82, 2.24) is 5.32 Å². The first kappa shape index (κ1) is 11.0. The minimum absolute atomic E-state index is 0.372. The largest absolute Gasteiger partial charge is 0.496 e. The summed E-state index contributed by atoms with van der Waals surface area (Å²) >= 11 is 1.97. The van der Waals surface area contributed by atoms with Crippen molar-refractivity contribution in [1.29, 1.82) is 0 Å². The molecule has 0 radical (unpaired) electrons. The van der Waals surface area contributed by atoms with E-state index in [1.54, 1.807) is 7.11 Å². The van der Waals surface area contributed by atoms with E-state index in [0.29, 0.717) is 5.25 Å². The van der Waals surface area contributed by atoms with Gasteiger partial charge in [0.1, 0.15) is 11.6 Å². The van der Waals surface area contributed by atoms with Gasteiger partial charge in [-0.25, -0.2) is 0 Å². The second kappa shape index (κ2) is 4.61. The molecule has 3 rings (SSSR count). The van der Waals surface area contributed by atoms with Crippen LogP contribution in [-0.2, 0) is 6.42 Å². The normalized spacial score (nSPS) is 22.6. The van der Waals surface area contributed by atoms with Crippen molar-refractivity contribution < 1.29 is 4.74 Å². The van der Waals surface area contributed by atoms with Gasteiger partial charge >= 0.3 is 0 Å². The van der Waals surface area contributed by atoms with Gasteiger partial charge in [-0.2, -0.15) is 0 Å². The zero-order valence-electron chi connectivity index (χ0n) is 9.90. The highest BCUT2D eigenvalue weighted by Crippen LogP contribution is 2.41. The fourth-order valence-corrected chi connectivity index (χ4v) is 3.75. The SMILES string of the molecule is COc1cccc2c1CCSC2C1=NCCN1. The molecule has 2 aliphatic heterocycles. The molecule has 0 fully saturated rings. The predicted molar refractivity (Wildman–Crippen MR) is 72.2 cm³/mol. The van der Waals surface area contributed by atoms with Gasteiger partial charge < -0.3 is 10.1 Å². The first-order valence-electron chi connectivity index (χ1n) is 5.96. The third-order valence-electron chi connectivity index (χ3n) is 3.26. The quantitative estimate of drug-likeness (QED) is 0.869. The van der Waals surface area contributed by atoms with Crippen LogP contribution in [0.2, 0.25) is 0 Å². The summed E-state index contributed by atoms with van der Waals surface area (Å²) in [5.41, 5.74) is 2.73. The van der Waals surface area contributed by atoms with Crippen molar-refractivity contribution in [2.45, 2.75) is 11.7 Å². The molecule has 0 aromatic heterocycles. The Kier molecular flexibility index (Phi) is 2.97. The zero-order valence-corrected chi connectivity index (χ0v) is 10.7. The van der Waals surface area contributed by atoms with E-state index in [9.17, 15) is 0 Å². The van der Waals surface area contributed by atoms with Gasteiger partial charge in [0.25, 0.3) is 0 Å². The second-order valence-corrected chi connectivity index (χ2v) is 5.44. The number of nitrogens with one attached hydrogen (secondary N) is 1. The smallest absolute Gasteiger partial charge is 0.122 e. The number of thioether (sulfide) groups is 1. The van der Waals surface area contributed by atoms with E-state index < -0.39 is 0 Å². The highest BCUT2D eigenvalue weighted by Gasteiger charge is 2.28. The number of nitrogens with zero attached hydrogens (tertiary/aromatic N) is 1. The van der Waals surface area contributed by atoms with Crippen LogP contribution in [0, 0.1) is 0 Å². The van der Waals surface area contributed by atoms with Crippen LogP contribution >= 0.6 is 11.8 Å². The van der Waals surface area contributed by atoms with Crippen LogP contribution in [0.3, 0.4) is 0 Å². The van der Waals surface area contributed by atoms with E-state index in [4.69, 9.17) is 4.74 Å². The summed E-state index contributed by atoms with van der Waals surface area (Å²) in [6, 6.07) is 6.33. The maximum absolute atomic E-state index is 5.45. The maximum Gasteiger partial charge on any atom is 0.122 e. The molecule has 90 valence electrons. The molecule has 0 bridgehead atoms. The number of fused-ring (bicyclic) bond motifs is 1. The number of hydrogen-bond acceptors (Lipinski definition) is 4. The van der Waals surface area contributed by atoms with Gasteiger partial charge in [-0.3, -0.25) is 4.99 Å². The lowest BCUT2D eigenvalue weighted by Gasteiger charge is -2.26. The lowest BCUT2D eigenvalue weighted by Crippen LogP contribution is -2.26. The highest BCUT2D eigenvalue weighted by atomic mass is 32.2. The number of rotatable bonds is 2. The van der Waals surface area contributed by atoms with E-state index >= 15 is 0 Å². The molecule has 1 atom stereocenters. The van der Waals surface area contributed by atoms with Crippen molar-refractivity contribution in [2.75, 3.05) is 26.0 Å². The Morgan fingerprint density at radius 3 is 3.18 bits per heavy atom. The summed E-state index contributed by atoms with van der Waals surface area (Å²) in [5, 5.41) is 3.76. The molecular weight excluding hydrogens is 232 g/mol. The molecule has 2 heterocycles. The van der Waals surface area contributed by atoms with Crippen molar-refractivity contribution >= 4 is 17.6 Å². The summed E-state index contributed by atoms with van der Waals surface area (Å²) < 4.78 is 5.45. The van der Waals surface area contributed by atoms with Crippen LogP contribution in [0.25, 0.3) is 0 Å². The van der Waals surface area contributed by atoms with E-state index in [2.05, 4.69) is 28.5 Å². The van der Waals surface area contributed by atoms with Gasteiger partial charge in [0.05, 0.1) is 18.9 Å². The molecule has 0 saturated carbocycles. The molecule has 3 nitrogen and oxygen atoms in total. The molecule has 1 N–H and O–H groups in total. The molecule has 2 aliphatic rings. The van der Waals surface area contributed by atoms with E-state index in [1.165, 1.54) is 11.1 Å². The monoisotopic (exact) mass is 248 g/mol. The van der Waals surface area contributed by atoms with Crippen LogP contribution in [0.4, 0.5) is 0 Å². The Bertz CT molecular complexity index is 459. The van der Waals surface area contributed by atoms with Crippen molar-refractivity contribution in [3.63, 3.8) is 0 Å². The molecule has 0 aliphatic carbocycles. The van der Waals surface area contributed by atoms with E-state index in [0.717, 1.165) is 36.8 Å². The summed E-state index contributed by atoms with van der Waals surface area (Å²) in [5.74, 6) is 3.30. The van der Waals surface area contributed by atoms with Crippen LogP contribution in [0.5, 0.6) is 5.75 Å². The average molecular weight is 248 g/mol. The molecular formula is C13H16N2OS. The molecule has 17 heavy (non-hydrogen) atoms. The van der Waals surface area contributed by atoms with Gasteiger partial charge in [-0.15, -0.1) is 11.8 Å². The Morgan fingerprint density at radius 1 is 1.47 bits per heavy atom. The van der Waals surface area contributed by atoms with Crippen LogP contribution in [-0.4, -0.2) is 31.8 Å². The van der Waals surface area contributed by atoms with Gasteiger partial charge in [0, 0.05) is 6.54 Å². The van der Waals surface area contributed by atoms with Gasteiger partial charge in [-0.1, -0.05) is 12.1 Å². The number of hydrogen-bond donors (Lipinski definition) is 1. The number of ether oxygens (including phenoxy) is 1. The lowest BCUT2D eigenvalue weighted by atomic mass is 9.99. The molecule has 1 unspecified atom stereocenters. The fraction of sp³-hybridized carbons (Fsp3) is 0.462. The number of aliphatic imine (C=N–C) groups is 1. The third-order valence-corrected chi connectivity index (χ3v) is 4.51. The molecule has 4 heteroatoms. The molecule has 0 spiro atoms. The lowest BCUT2D eigenvalue weighted by molar-refractivity contribution is 0.409. The molecule has 0 amide bonds. The Balaban J connectivity index is 2.01. The topological polar surface area (TPSA) is 33.6 Å². The second-order valence-electron chi connectivity index (χ2n) is 4.22. The minimum Gasteiger partial charge on any atom is -0.496 e. The highest BCUT2D eigenvalue weighted by molar-refractivity contribution is 8.00. The maximum atomic E-state index is 5.45. The fourth-order valence-electron chi connectivity index (χ4n) is 2.47. The first-order valence-corrected chi connectivity index (χ1v) is 7.00. The van der Waals surface area contributed by atoms with Crippen LogP contribution in [0.1, 0.15) is 16.4 Å². The average Bonchev–Trinajstić information content (AvgIpc) is 2.91. The Labute approximate surface area is 106 Å². The summed E-state index contributed by atoms with van der Waals surface area (Å²) in [7, 11) is 1.75. The third kappa shape index (κ3) is 1.90. The van der Waals surface area contributed by atoms with E-state index in [1.807, 2.05) is 11.8 Å². The van der Waals surface area contributed by atoms with Crippen molar-refractivity contribution in [3.8, 4) is 5.75 Å². The van der Waals surface area contributed by atoms with Crippen LogP contribution < -0.4 is 10.1 Å². The van der Waals surface area contributed by atoms with Gasteiger partial charge in [-0.05, 0) is 29.4 Å². The minimum atomic E-state index is 0.372. The predicted octanol–water partition coefficient (Wildman–Crippen LogP) is 2.03. The Morgan fingerprint density at radius 2 is 2.41 bits per heavy atom.